The zero-order valence-electron chi connectivity index (χ0n) is 10.0. The highest BCUT2D eigenvalue weighted by molar-refractivity contribution is 4.85. The van der Waals surface area contributed by atoms with E-state index in [1.165, 1.54) is 12.8 Å². The molecule has 0 aromatic carbocycles. The van der Waals surface area contributed by atoms with E-state index in [9.17, 15) is 4.39 Å². The summed E-state index contributed by atoms with van der Waals surface area (Å²) >= 11 is 0. The van der Waals surface area contributed by atoms with Crippen LogP contribution >= 0.6 is 0 Å². The van der Waals surface area contributed by atoms with Crippen molar-refractivity contribution in [3.63, 3.8) is 0 Å². The fourth-order valence-corrected chi connectivity index (χ4v) is 2.40. The first-order valence-corrected chi connectivity index (χ1v) is 6.24. The van der Waals surface area contributed by atoms with Crippen LogP contribution in [0.2, 0.25) is 0 Å². The van der Waals surface area contributed by atoms with Crippen molar-refractivity contribution >= 4 is 0 Å². The van der Waals surface area contributed by atoms with Gasteiger partial charge in [0, 0.05) is 12.0 Å². The molecule has 3 N–H and O–H groups in total. The molecule has 0 aliphatic carbocycles. The second kappa shape index (κ2) is 6.44. The number of nitrogens with one attached hydrogen (secondary N) is 1. The Morgan fingerprint density at radius 1 is 1.33 bits per heavy atom. The quantitative estimate of drug-likeness (QED) is 0.755. The van der Waals surface area contributed by atoms with Crippen LogP contribution in [0.5, 0.6) is 0 Å². The Labute approximate surface area is 92.8 Å². The van der Waals surface area contributed by atoms with E-state index in [2.05, 4.69) is 19.2 Å². The van der Waals surface area contributed by atoms with Gasteiger partial charge in [-0.3, -0.25) is 0 Å². The van der Waals surface area contributed by atoms with Crippen LogP contribution < -0.4 is 11.1 Å². The Balaban J connectivity index is 2.51. The molecule has 1 saturated heterocycles. The Hall–Kier alpha value is -0.150. The summed E-state index contributed by atoms with van der Waals surface area (Å²) in [6.07, 6.45) is 3.73. The lowest BCUT2D eigenvalue weighted by Gasteiger charge is -2.29. The normalized spacial score (nSPS) is 27.4. The molecule has 3 heteroatoms. The molecule has 2 nitrogen and oxygen atoms in total. The van der Waals surface area contributed by atoms with Crippen LogP contribution in [0.25, 0.3) is 0 Å². The Morgan fingerprint density at radius 2 is 2.07 bits per heavy atom. The van der Waals surface area contributed by atoms with Gasteiger partial charge >= 0.3 is 0 Å². The molecule has 1 fully saturated rings. The number of rotatable bonds is 4. The molecule has 0 aromatic rings. The number of nitrogens with two attached hydrogens (primary N) is 1. The molecule has 0 bridgehead atoms. The van der Waals surface area contributed by atoms with E-state index in [0.717, 1.165) is 19.4 Å². The third-order valence-electron chi connectivity index (χ3n) is 3.52. The fourth-order valence-electron chi connectivity index (χ4n) is 2.40. The predicted molar refractivity (Wildman–Crippen MR) is 62.5 cm³/mol. The minimum Gasteiger partial charge on any atom is -0.330 e. The Kier molecular flexibility index (Phi) is 5.54. The molecule has 15 heavy (non-hydrogen) atoms. The molecular weight excluding hydrogens is 191 g/mol. The average Bonchev–Trinajstić information content (AvgIpc) is 2.45. The topological polar surface area (TPSA) is 38.0 Å². The number of alkyl halides is 1. The van der Waals surface area contributed by atoms with Crippen molar-refractivity contribution in [1.82, 2.24) is 5.32 Å². The Bertz CT molecular complexity index is 165. The van der Waals surface area contributed by atoms with Crippen LogP contribution in [-0.2, 0) is 0 Å². The van der Waals surface area contributed by atoms with Crippen LogP contribution in [-0.4, -0.2) is 25.3 Å². The van der Waals surface area contributed by atoms with E-state index in [-0.39, 0.29) is 12.0 Å². The highest BCUT2D eigenvalue weighted by Crippen LogP contribution is 2.23. The van der Waals surface area contributed by atoms with E-state index >= 15 is 0 Å². The SMILES string of the molecule is CC(C)C(CN)C(F)C1CCCCCN1. The van der Waals surface area contributed by atoms with Gasteiger partial charge < -0.3 is 11.1 Å². The minimum atomic E-state index is -0.784. The van der Waals surface area contributed by atoms with E-state index in [1.54, 1.807) is 0 Å². The van der Waals surface area contributed by atoms with Crippen LogP contribution in [0.4, 0.5) is 4.39 Å². The highest BCUT2D eigenvalue weighted by Gasteiger charge is 2.30. The standard InChI is InChI=1S/C12H25FN2/c1-9(2)10(8-14)12(13)11-6-4-3-5-7-15-11/h9-12,15H,3-8,14H2,1-2H3. The molecule has 1 heterocycles. The van der Waals surface area contributed by atoms with Crippen LogP contribution in [0, 0.1) is 11.8 Å². The summed E-state index contributed by atoms with van der Waals surface area (Å²) in [6, 6.07) is 0.0310. The lowest BCUT2D eigenvalue weighted by Crippen LogP contribution is -2.44. The average molecular weight is 216 g/mol. The first-order valence-electron chi connectivity index (χ1n) is 6.24. The molecule has 3 atom stereocenters. The first-order chi connectivity index (χ1) is 7.16. The van der Waals surface area contributed by atoms with Crippen LogP contribution in [0.15, 0.2) is 0 Å². The molecule has 1 aliphatic rings. The maximum atomic E-state index is 14.2. The number of hydrogen-bond donors (Lipinski definition) is 2. The summed E-state index contributed by atoms with van der Waals surface area (Å²) < 4.78 is 14.2. The van der Waals surface area contributed by atoms with Crippen molar-refractivity contribution < 1.29 is 4.39 Å². The minimum absolute atomic E-state index is 0.000556. The van der Waals surface area contributed by atoms with E-state index < -0.39 is 6.17 Å². The maximum Gasteiger partial charge on any atom is 0.120 e. The Morgan fingerprint density at radius 3 is 2.67 bits per heavy atom. The maximum absolute atomic E-state index is 14.2. The third-order valence-corrected chi connectivity index (χ3v) is 3.52. The summed E-state index contributed by atoms with van der Waals surface area (Å²) in [5.41, 5.74) is 5.65. The lowest BCUT2D eigenvalue weighted by molar-refractivity contribution is 0.137. The van der Waals surface area contributed by atoms with E-state index in [4.69, 9.17) is 5.73 Å². The van der Waals surface area contributed by atoms with Gasteiger partial charge in [-0.2, -0.15) is 0 Å². The molecule has 0 spiro atoms. The molecule has 90 valence electrons. The van der Waals surface area contributed by atoms with Gasteiger partial charge in [0.05, 0.1) is 0 Å². The van der Waals surface area contributed by atoms with E-state index in [0.29, 0.717) is 12.5 Å². The fraction of sp³-hybridized carbons (Fsp3) is 1.00. The smallest absolute Gasteiger partial charge is 0.120 e. The molecule has 1 rings (SSSR count). The van der Waals surface area contributed by atoms with Crippen LogP contribution in [0.3, 0.4) is 0 Å². The van der Waals surface area contributed by atoms with Gasteiger partial charge in [0.2, 0.25) is 0 Å². The van der Waals surface area contributed by atoms with Crippen molar-refractivity contribution in [2.75, 3.05) is 13.1 Å². The van der Waals surface area contributed by atoms with Crippen molar-refractivity contribution in [3.8, 4) is 0 Å². The van der Waals surface area contributed by atoms with Gasteiger partial charge in [-0.1, -0.05) is 26.7 Å². The molecule has 0 radical (unpaired) electrons. The van der Waals surface area contributed by atoms with Gasteiger partial charge in [0.25, 0.3) is 0 Å². The number of hydrogen-bond acceptors (Lipinski definition) is 2. The monoisotopic (exact) mass is 216 g/mol. The van der Waals surface area contributed by atoms with Gasteiger partial charge in [-0.15, -0.1) is 0 Å². The van der Waals surface area contributed by atoms with Gasteiger partial charge in [0.15, 0.2) is 0 Å². The van der Waals surface area contributed by atoms with Crippen LogP contribution in [0.1, 0.15) is 39.5 Å². The van der Waals surface area contributed by atoms with Crippen molar-refractivity contribution in [2.45, 2.75) is 51.7 Å². The van der Waals surface area contributed by atoms with Crippen molar-refractivity contribution in [2.24, 2.45) is 17.6 Å². The summed E-state index contributed by atoms with van der Waals surface area (Å²) in [4.78, 5) is 0. The molecular formula is C12H25FN2. The van der Waals surface area contributed by atoms with Crippen molar-refractivity contribution in [1.29, 1.82) is 0 Å². The molecule has 1 aliphatic heterocycles. The van der Waals surface area contributed by atoms with E-state index in [1.807, 2.05) is 0 Å². The first kappa shape index (κ1) is 12.9. The zero-order chi connectivity index (χ0) is 11.3. The van der Waals surface area contributed by atoms with Gasteiger partial charge in [-0.05, 0) is 31.8 Å². The molecule has 0 aromatic heterocycles. The van der Waals surface area contributed by atoms with Crippen molar-refractivity contribution in [3.05, 3.63) is 0 Å². The second-order valence-corrected chi connectivity index (χ2v) is 5.00. The largest absolute Gasteiger partial charge is 0.330 e. The molecule has 3 unspecified atom stereocenters. The summed E-state index contributed by atoms with van der Waals surface area (Å²) in [6.45, 7) is 5.53. The van der Waals surface area contributed by atoms with Gasteiger partial charge in [0.1, 0.15) is 6.17 Å². The number of halogens is 1. The summed E-state index contributed by atoms with van der Waals surface area (Å²) in [5, 5.41) is 3.32. The summed E-state index contributed by atoms with van der Waals surface area (Å²) in [7, 11) is 0. The summed E-state index contributed by atoms with van der Waals surface area (Å²) in [5.74, 6) is 0.329. The molecule has 0 amide bonds. The van der Waals surface area contributed by atoms with Gasteiger partial charge in [-0.25, -0.2) is 4.39 Å². The zero-order valence-corrected chi connectivity index (χ0v) is 10.0. The predicted octanol–water partition coefficient (Wildman–Crippen LogP) is 2.09. The molecule has 0 saturated carbocycles. The third kappa shape index (κ3) is 3.72. The lowest BCUT2D eigenvalue weighted by atomic mass is 9.86. The highest BCUT2D eigenvalue weighted by atomic mass is 19.1. The second-order valence-electron chi connectivity index (χ2n) is 5.00.